The predicted octanol–water partition coefficient (Wildman–Crippen LogP) is 2.67. The van der Waals surface area contributed by atoms with Gasteiger partial charge in [-0.05, 0) is 34.5 Å². The average Bonchev–Trinajstić information content (AvgIpc) is 2.96. The van der Waals surface area contributed by atoms with Crippen molar-refractivity contribution < 1.29 is 9.21 Å². The Balaban J connectivity index is 1.81. The van der Waals surface area contributed by atoms with Crippen molar-refractivity contribution in [2.24, 2.45) is 0 Å². The third-order valence-electron chi connectivity index (χ3n) is 2.02. The highest BCUT2D eigenvalue weighted by Gasteiger charge is 1.97. The van der Waals surface area contributed by atoms with E-state index in [2.05, 4.69) is 5.32 Å². The Kier molecular flexibility index (Phi) is 3.56. The number of hydrogen-bond donors (Lipinski definition) is 1. The summed E-state index contributed by atoms with van der Waals surface area (Å²) in [6, 6.07) is 3.79. The quantitative estimate of drug-likeness (QED) is 0.825. The summed E-state index contributed by atoms with van der Waals surface area (Å²) < 4.78 is 4.88. The average molecular weight is 233 g/mol. The van der Waals surface area contributed by atoms with Gasteiger partial charge in [0.05, 0.1) is 12.5 Å². The number of hydrogen-bond acceptors (Lipinski definition) is 3. The number of rotatable bonds is 4. The highest BCUT2D eigenvalue weighted by atomic mass is 32.1. The van der Waals surface area contributed by atoms with Crippen LogP contribution >= 0.6 is 11.3 Å². The molecule has 4 heteroatoms. The van der Waals surface area contributed by atoms with Crippen LogP contribution in [0.3, 0.4) is 0 Å². The molecule has 0 saturated heterocycles. The summed E-state index contributed by atoms with van der Waals surface area (Å²) >= 11 is 1.62. The van der Waals surface area contributed by atoms with Crippen LogP contribution in [0.5, 0.6) is 0 Å². The monoisotopic (exact) mass is 233 g/mol. The van der Waals surface area contributed by atoms with Crippen LogP contribution in [-0.4, -0.2) is 5.91 Å². The summed E-state index contributed by atoms with van der Waals surface area (Å²) in [6.45, 7) is 0.568. The predicted molar refractivity (Wildman–Crippen MR) is 63.9 cm³/mol. The van der Waals surface area contributed by atoms with Gasteiger partial charge in [0.15, 0.2) is 0 Å². The van der Waals surface area contributed by atoms with Gasteiger partial charge in [0.25, 0.3) is 0 Å². The molecule has 0 radical (unpaired) electrons. The molecule has 0 atom stereocenters. The highest BCUT2D eigenvalue weighted by Crippen LogP contribution is 2.05. The van der Waals surface area contributed by atoms with E-state index in [1.165, 1.54) is 6.08 Å². The minimum atomic E-state index is -0.104. The minimum Gasteiger partial charge on any atom is -0.472 e. The maximum Gasteiger partial charge on any atom is 0.244 e. The van der Waals surface area contributed by atoms with Crippen LogP contribution in [0, 0.1) is 0 Å². The number of amides is 1. The molecule has 16 heavy (non-hydrogen) atoms. The second-order valence-electron chi connectivity index (χ2n) is 3.24. The molecule has 0 fully saturated rings. The van der Waals surface area contributed by atoms with Gasteiger partial charge >= 0.3 is 0 Å². The third kappa shape index (κ3) is 3.10. The lowest BCUT2D eigenvalue weighted by molar-refractivity contribution is -0.116. The molecule has 0 saturated carbocycles. The van der Waals surface area contributed by atoms with Crippen LogP contribution in [0.25, 0.3) is 6.08 Å². The molecular formula is C12H11NO2S. The summed E-state index contributed by atoms with van der Waals surface area (Å²) in [7, 11) is 0. The van der Waals surface area contributed by atoms with Crippen molar-refractivity contribution in [3.8, 4) is 0 Å². The Labute approximate surface area is 97.4 Å². The summed E-state index contributed by atoms with van der Waals surface area (Å²) in [5.74, 6) is -0.104. The van der Waals surface area contributed by atoms with Crippen molar-refractivity contribution in [1.29, 1.82) is 0 Å². The van der Waals surface area contributed by atoms with Crippen molar-refractivity contribution in [2.45, 2.75) is 6.54 Å². The Morgan fingerprint density at radius 3 is 3.12 bits per heavy atom. The number of thiophene rings is 1. The number of carbonyl (C=O) groups excluding carboxylic acids is 1. The van der Waals surface area contributed by atoms with E-state index in [4.69, 9.17) is 4.42 Å². The van der Waals surface area contributed by atoms with Crippen molar-refractivity contribution >= 4 is 23.3 Å². The van der Waals surface area contributed by atoms with Gasteiger partial charge < -0.3 is 9.73 Å². The number of nitrogens with one attached hydrogen (secondary N) is 1. The van der Waals surface area contributed by atoms with Gasteiger partial charge in [0.2, 0.25) is 5.91 Å². The molecule has 0 bridgehead atoms. The summed E-state index contributed by atoms with van der Waals surface area (Å²) in [5, 5.41) is 6.80. The molecule has 2 aromatic rings. The lowest BCUT2D eigenvalue weighted by Gasteiger charge is -1.98. The van der Waals surface area contributed by atoms with E-state index in [-0.39, 0.29) is 5.91 Å². The van der Waals surface area contributed by atoms with Gasteiger partial charge in [-0.15, -0.1) is 0 Å². The van der Waals surface area contributed by atoms with Crippen molar-refractivity contribution in [2.75, 3.05) is 0 Å². The molecule has 2 rings (SSSR count). The molecule has 1 amide bonds. The fourth-order valence-corrected chi connectivity index (χ4v) is 1.85. The summed E-state index contributed by atoms with van der Waals surface area (Å²) in [6.07, 6.45) is 6.37. The van der Waals surface area contributed by atoms with Crippen LogP contribution in [0.1, 0.15) is 11.1 Å². The lowest BCUT2D eigenvalue weighted by Crippen LogP contribution is -2.19. The fraction of sp³-hybridized carbons (Fsp3) is 0.0833. The second-order valence-corrected chi connectivity index (χ2v) is 4.02. The van der Waals surface area contributed by atoms with Gasteiger partial charge in [-0.25, -0.2) is 0 Å². The largest absolute Gasteiger partial charge is 0.472 e. The molecule has 0 unspecified atom stereocenters. The zero-order valence-electron chi connectivity index (χ0n) is 8.55. The Morgan fingerprint density at radius 2 is 2.44 bits per heavy atom. The zero-order valence-corrected chi connectivity index (χ0v) is 9.37. The van der Waals surface area contributed by atoms with E-state index >= 15 is 0 Å². The van der Waals surface area contributed by atoms with Crippen molar-refractivity contribution in [3.05, 3.63) is 52.6 Å². The molecule has 0 aliphatic carbocycles. The van der Waals surface area contributed by atoms with Crippen molar-refractivity contribution in [1.82, 2.24) is 5.32 Å². The Hall–Kier alpha value is -1.81. The molecule has 2 aromatic heterocycles. The van der Waals surface area contributed by atoms with Gasteiger partial charge in [0.1, 0.15) is 0 Å². The molecule has 2 heterocycles. The van der Waals surface area contributed by atoms with Crippen molar-refractivity contribution in [3.63, 3.8) is 0 Å². The summed E-state index contributed by atoms with van der Waals surface area (Å²) in [5.41, 5.74) is 2.00. The lowest BCUT2D eigenvalue weighted by atomic mass is 10.3. The fourth-order valence-electron chi connectivity index (χ4n) is 1.18. The first-order valence-corrected chi connectivity index (χ1v) is 5.78. The SMILES string of the molecule is O=C(/C=C/c1ccoc1)NCc1ccsc1. The smallest absolute Gasteiger partial charge is 0.244 e. The molecule has 0 spiro atoms. The molecule has 0 aliphatic rings. The van der Waals surface area contributed by atoms with Crippen LogP contribution < -0.4 is 5.32 Å². The maximum absolute atomic E-state index is 11.4. The standard InChI is InChI=1S/C12H11NO2S/c14-12(2-1-10-3-5-15-8-10)13-7-11-4-6-16-9-11/h1-6,8-9H,7H2,(H,13,14)/b2-1+. The first-order valence-electron chi connectivity index (χ1n) is 4.84. The van der Waals surface area contributed by atoms with E-state index in [0.717, 1.165) is 11.1 Å². The van der Waals surface area contributed by atoms with E-state index in [1.807, 2.05) is 16.8 Å². The van der Waals surface area contributed by atoms with Gasteiger partial charge in [-0.1, -0.05) is 0 Å². The van der Waals surface area contributed by atoms with Crippen LogP contribution in [0.4, 0.5) is 0 Å². The minimum absolute atomic E-state index is 0.104. The van der Waals surface area contributed by atoms with E-state index < -0.39 is 0 Å². The molecular weight excluding hydrogens is 222 g/mol. The molecule has 82 valence electrons. The molecule has 0 aliphatic heterocycles. The summed E-state index contributed by atoms with van der Waals surface area (Å²) in [4.78, 5) is 11.4. The first kappa shape index (κ1) is 10.7. The zero-order chi connectivity index (χ0) is 11.2. The highest BCUT2D eigenvalue weighted by molar-refractivity contribution is 7.07. The van der Waals surface area contributed by atoms with Crippen LogP contribution in [0.15, 0.2) is 45.9 Å². The third-order valence-corrected chi connectivity index (χ3v) is 2.75. The number of furan rings is 1. The number of carbonyl (C=O) groups is 1. The van der Waals surface area contributed by atoms with Crippen LogP contribution in [-0.2, 0) is 11.3 Å². The topological polar surface area (TPSA) is 42.2 Å². The Morgan fingerprint density at radius 1 is 1.50 bits per heavy atom. The second kappa shape index (κ2) is 5.32. The maximum atomic E-state index is 11.4. The van der Waals surface area contributed by atoms with E-state index in [0.29, 0.717) is 6.54 Å². The normalized spacial score (nSPS) is 10.8. The first-order chi connectivity index (χ1) is 7.84. The van der Waals surface area contributed by atoms with E-state index in [9.17, 15) is 4.79 Å². The van der Waals surface area contributed by atoms with Gasteiger partial charge in [-0.2, -0.15) is 11.3 Å². The van der Waals surface area contributed by atoms with Gasteiger partial charge in [-0.3, -0.25) is 4.79 Å². The Bertz CT molecular complexity index is 457. The van der Waals surface area contributed by atoms with E-state index in [1.54, 1.807) is 36.0 Å². The molecule has 1 N–H and O–H groups in total. The van der Waals surface area contributed by atoms with Gasteiger partial charge in [0, 0.05) is 18.2 Å². The molecule has 0 aromatic carbocycles. The van der Waals surface area contributed by atoms with Crippen LogP contribution in [0.2, 0.25) is 0 Å². The molecule has 3 nitrogen and oxygen atoms in total.